The van der Waals surface area contributed by atoms with E-state index in [0.717, 1.165) is 0 Å². The van der Waals surface area contributed by atoms with Crippen LogP contribution < -0.4 is 4.74 Å². The van der Waals surface area contributed by atoms with E-state index in [-0.39, 0.29) is 16.6 Å². The maximum absolute atomic E-state index is 12.1. The first-order valence-corrected chi connectivity index (χ1v) is 7.94. The van der Waals surface area contributed by atoms with E-state index < -0.39 is 22.1 Å². The van der Waals surface area contributed by atoms with Gasteiger partial charge in [0.05, 0.1) is 4.90 Å². The van der Waals surface area contributed by atoms with Gasteiger partial charge in [-0.1, -0.05) is 13.8 Å². The third kappa shape index (κ3) is 4.31. The zero-order valence-corrected chi connectivity index (χ0v) is 12.4. The number of hydrogen-bond acceptors (Lipinski definition) is 3. The van der Waals surface area contributed by atoms with Crippen LogP contribution in [0.4, 0.5) is 8.78 Å². The molecule has 1 aromatic rings. The smallest absolute Gasteiger partial charge is 0.272 e. The zero-order valence-electron chi connectivity index (χ0n) is 10.8. The summed E-state index contributed by atoms with van der Waals surface area (Å²) in [7, 11) is 1.49. The lowest BCUT2D eigenvalue weighted by molar-refractivity contribution is 0.0815. The highest BCUT2D eigenvalue weighted by Gasteiger charge is 2.20. The Balaban J connectivity index is 3.29. The van der Waals surface area contributed by atoms with Crippen molar-refractivity contribution in [3.8, 4) is 5.75 Å². The number of alkyl halides is 2. The molecule has 1 rings (SSSR count). The number of ether oxygens (including phenoxy) is 1. The summed E-state index contributed by atoms with van der Waals surface area (Å²) >= 11 is 0. The second kappa shape index (κ2) is 6.05. The first-order valence-electron chi connectivity index (χ1n) is 5.63. The molecule has 0 aliphatic carbocycles. The van der Waals surface area contributed by atoms with E-state index in [4.69, 9.17) is 15.4 Å². The molecule has 0 amide bonds. The fraction of sp³-hybridized carbons (Fsp3) is 0.500. The zero-order chi connectivity index (χ0) is 14.8. The van der Waals surface area contributed by atoms with Crippen LogP contribution in [-0.2, 0) is 9.05 Å². The van der Waals surface area contributed by atoms with Gasteiger partial charge < -0.3 is 4.74 Å². The van der Waals surface area contributed by atoms with E-state index in [2.05, 4.69) is 0 Å². The average Bonchev–Trinajstić information content (AvgIpc) is 2.25. The highest BCUT2D eigenvalue weighted by molar-refractivity contribution is 8.13. The van der Waals surface area contributed by atoms with Crippen LogP contribution in [0.25, 0.3) is 0 Å². The molecular formula is C12H15ClF2O3S. The lowest BCUT2D eigenvalue weighted by Gasteiger charge is -2.15. The molecule has 0 aliphatic rings. The molecule has 0 bridgehead atoms. The van der Waals surface area contributed by atoms with Crippen molar-refractivity contribution in [1.82, 2.24) is 0 Å². The van der Waals surface area contributed by atoms with Crippen molar-refractivity contribution in [2.24, 2.45) is 0 Å². The molecule has 0 N–H and O–H groups in total. The van der Waals surface area contributed by atoms with Crippen LogP contribution in [0.1, 0.15) is 30.9 Å². The summed E-state index contributed by atoms with van der Waals surface area (Å²) in [5.74, 6) is 0.117. The van der Waals surface area contributed by atoms with Gasteiger partial charge in [0.2, 0.25) is 0 Å². The number of aryl methyl sites for hydroxylation is 1. The van der Waals surface area contributed by atoms with E-state index in [1.165, 1.54) is 12.1 Å². The Bertz CT molecular complexity index is 556. The molecule has 0 radical (unpaired) electrons. The lowest BCUT2D eigenvalue weighted by Crippen LogP contribution is -2.09. The summed E-state index contributed by atoms with van der Waals surface area (Å²) in [4.78, 5) is -0.00827. The normalized spacial score (nSPS) is 12.2. The predicted octanol–water partition coefficient (Wildman–Crippen LogP) is 3.69. The first kappa shape index (κ1) is 16.2. The lowest BCUT2D eigenvalue weighted by atomic mass is 10.0. The molecule has 0 aliphatic heterocycles. The molecule has 0 atom stereocenters. The summed E-state index contributed by atoms with van der Waals surface area (Å²) in [5.41, 5.74) is 0.897. The maximum atomic E-state index is 12.1. The van der Waals surface area contributed by atoms with Crippen LogP contribution in [0.15, 0.2) is 17.0 Å². The summed E-state index contributed by atoms with van der Waals surface area (Å²) in [6, 6.07) is 2.80. The molecule has 0 unspecified atom stereocenters. The Morgan fingerprint density at radius 2 is 1.89 bits per heavy atom. The summed E-state index contributed by atoms with van der Waals surface area (Å²) in [5, 5.41) is 0. The summed E-state index contributed by atoms with van der Waals surface area (Å²) < 4.78 is 52.2. The van der Waals surface area contributed by atoms with Crippen LogP contribution >= 0.6 is 10.7 Å². The Hall–Kier alpha value is -0.880. The van der Waals surface area contributed by atoms with E-state index in [1.54, 1.807) is 20.8 Å². The van der Waals surface area contributed by atoms with Gasteiger partial charge in [-0.15, -0.1) is 0 Å². The van der Waals surface area contributed by atoms with E-state index in [9.17, 15) is 17.2 Å². The molecule has 1 aromatic carbocycles. The fourth-order valence-corrected chi connectivity index (χ4v) is 2.94. The molecular weight excluding hydrogens is 298 g/mol. The predicted molar refractivity (Wildman–Crippen MR) is 69.8 cm³/mol. The Morgan fingerprint density at radius 1 is 1.32 bits per heavy atom. The quantitative estimate of drug-likeness (QED) is 0.779. The highest BCUT2D eigenvalue weighted by atomic mass is 35.7. The van der Waals surface area contributed by atoms with Crippen LogP contribution in [0.2, 0.25) is 0 Å². The molecule has 19 heavy (non-hydrogen) atoms. The molecule has 0 fully saturated rings. The van der Waals surface area contributed by atoms with Gasteiger partial charge in [0.15, 0.2) is 0 Å². The molecule has 108 valence electrons. The van der Waals surface area contributed by atoms with Gasteiger partial charge >= 0.3 is 0 Å². The monoisotopic (exact) mass is 312 g/mol. The Morgan fingerprint density at radius 3 is 2.32 bits per heavy atom. The van der Waals surface area contributed by atoms with Gasteiger partial charge in [0.1, 0.15) is 12.4 Å². The second-order valence-corrected chi connectivity index (χ2v) is 6.98. The van der Waals surface area contributed by atoms with Gasteiger partial charge in [0.25, 0.3) is 15.5 Å². The van der Waals surface area contributed by atoms with Crippen LogP contribution in [0.3, 0.4) is 0 Å². The third-order valence-corrected chi connectivity index (χ3v) is 3.93. The fourth-order valence-electron chi connectivity index (χ4n) is 1.65. The topological polar surface area (TPSA) is 43.4 Å². The van der Waals surface area contributed by atoms with Crippen molar-refractivity contribution in [3.63, 3.8) is 0 Å². The molecule has 0 aromatic heterocycles. The third-order valence-electron chi connectivity index (χ3n) is 2.56. The SMILES string of the molecule is Cc1cc(S(=O)(=O)Cl)c(C(C)C)cc1OCC(F)F. The minimum atomic E-state index is -3.88. The summed E-state index contributed by atoms with van der Waals surface area (Å²) in [6.45, 7) is 4.42. The average molecular weight is 313 g/mol. The van der Waals surface area contributed by atoms with E-state index in [1.807, 2.05) is 0 Å². The van der Waals surface area contributed by atoms with Crippen LogP contribution in [0, 0.1) is 6.92 Å². The van der Waals surface area contributed by atoms with Crippen LogP contribution in [0.5, 0.6) is 5.75 Å². The number of halogens is 3. The van der Waals surface area contributed by atoms with Gasteiger partial charge in [0, 0.05) is 10.7 Å². The van der Waals surface area contributed by atoms with Crippen molar-refractivity contribution < 1.29 is 21.9 Å². The molecule has 3 nitrogen and oxygen atoms in total. The number of rotatable bonds is 5. The van der Waals surface area contributed by atoms with Crippen molar-refractivity contribution >= 4 is 19.7 Å². The Labute approximate surface area is 115 Å². The molecule has 0 saturated heterocycles. The summed E-state index contributed by atoms with van der Waals surface area (Å²) in [6.07, 6.45) is -2.58. The molecule has 7 heteroatoms. The standard InChI is InChI=1S/C12H15ClF2O3S/c1-7(2)9-5-10(18-6-12(14)15)8(3)4-11(9)19(13,16)17/h4-5,7,12H,6H2,1-3H3. The molecule has 0 heterocycles. The van der Waals surface area contributed by atoms with Crippen molar-refractivity contribution in [3.05, 3.63) is 23.3 Å². The van der Waals surface area contributed by atoms with Gasteiger partial charge in [-0.05, 0) is 36.1 Å². The largest absolute Gasteiger partial charge is 0.487 e. The Kier molecular flexibility index (Phi) is 5.15. The highest BCUT2D eigenvalue weighted by Crippen LogP contribution is 2.32. The molecule has 0 spiro atoms. The first-order chi connectivity index (χ1) is 8.62. The number of benzene rings is 1. The van der Waals surface area contributed by atoms with Crippen LogP contribution in [-0.4, -0.2) is 21.5 Å². The number of hydrogen-bond donors (Lipinski definition) is 0. The van der Waals surface area contributed by atoms with Crippen molar-refractivity contribution in [2.75, 3.05) is 6.61 Å². The van der Waals surface area contributed by atoms with Gasteiger partial charge in [-0.25, -0.2) is 17.2 Å². The minimum absolute atomic E-state index is 0.00827. The maximum Gasteiger partial charge on any atom is 0.272 e. The van der Waals surface area contributed by atoms with Gasteiger partial charge in [-0.3, -0.25) is 0 Å². The molecule has 0 saturated carbocycles. The minimum Gasteiger partial charge on any atom is -0.487 e. The van der Waals surface area contributed by atoms with E-state index in [0.29, 0.717) is 11.1 Å². The van der Waals surface area contributed by atoms with Crippen molar-refractivity contribution in [2.45, 2.75) is 38.0 Å². The van der Waals surface area contributed by atoms with Crippen molar-refractivity contribution in [1.29, 1.82) is 0 Å². The van der Waals surface area contributed by atoms with E-state index >= 15 is 0 Å². The second-order valence-electron chi connectivity index (χ2n) is 4.45. The van der Waals surface area contributed by atoms with Gasteiger partial charge in [-0.2, -0.15) is 0 Å².